The number of carboxylic acids is 2. The van der Waals surface area contributed by atoms with Gasteiger partial charge in [0.05, 0.1) is 25.8 Å². The first-order chi connectivity index (χ1) is 26.2. The van der Waals surface area contributed by atoms with Crippen molar-refractivity contribution in [3.8, 4) is 0 Å². The number of rotatable bonds is 16. The Morgan fingerprint density at radius 3 is 2.45 bits per heavy atom. The summed E-state index contributed by atoms with van der Waals surface area (Å²) in [5.74, 6) is 2.10. The van der Waals surface area contributed by atoms with E-state index in [0.29, 0.717) is 28.2 Å². The number of para-hydroxylation sites is 1. The number of fused-ring (bicyclic) bond motifs is 6. The molecule has 0 radical (unpaired) electrons. The number of carbonyl (C=O) groups excluding carboxylic acids is 1. The van der Waals surface area contributed by atoms with E-state index in [4.69, 9.17) is 13.9 Å². The maximum absolute atomic E-state index is 13.2. The van der Waals surface area contributed by atoms with Gasteiger partial charge >= 0.3 is 23.7 Å². The molecule has 0 saturated heterocycles. The lowest BCUT2D eigenvalue weighted by atomic mass is 9.47. The SMILES string of the molecule is CC(C)CCC[C@@H](C)[C@H]1CCC2C3CC=C4C[C@@H](OCC(CN(CC(=O)O)CC(=O)O)OC(=O)Nc5cc6ccccc6oc5=O)CCC4(C)C3CC[C@@]21C. The van der Waals surface area contributed by atoms with Gasteiger partial charge in [0.1, 0.15) is 17.4 Å². The third kappa shape index (κ3) is 9.30. The number of aliphatic carboxylic acids is 2. The van der Waals surface area contributed by atoms with Crippen molar-refractivity contribution in [2.75, 3.05) is 31.6 Å². The molecule has 1 amide bonds. The van der Waals surface area contributed by atoms with Crippen LogP contribution in [0.1, 0.15) is 105 Å². The minimum absolute atomic E-state index is 0.0621. The average molecular weight is 763 g/mol. The van der Waals surface area contributed by atoms with E-state index >= 15 is 0 Å². The molecule has 55 heavy (non-hydrogen) atoms. The molecule has 4 aliphatic carbocycles. The van der Waals surface area contributed by atoms with Crippen LogP contribution in [-0.2, 0) is 19.1 Å². The second kappa shape index (κ2) is 17.2. The van der Waals surface area contributed by atoms with Crippen molar-refractivity contribution in [1.82, 2.24) is 4.90 Å². The highest BCUT2D eigenvalue weighted by Crippen LogP contribution is 2.67. The van der Waals surface area contributed by atoms with Crippen LogP contribution in [0.15, 0.2) is 51.2 Å². The van der Waals surface area contributed by atoms with Gasteiger partial charge in [0.15, 0.2) is 0 Å². The summed E-state index contributed by atoms with van der Waals surface area (Å²) < 4.78 is 17.5. The largest absolute Gasteiger partial charge is 0.480 e. The minimum Gasteiger partial charge on any atom is -0.480 e. The fourth-order valence-electron chi connectivity index (χ4n) is 11.5. The predicted octanol–water partition coefficient (Wildman–Crippen LogP) is 8.61. The lowest BCUT2D eigenvalue weighted by Crippen LogP contribution is -2.51. The third-order valence-electron chi connectivity index (χ3n) is 14.1. The molecule has 5 unspecified atom stereocenters. The highest BCUT2D eigenvalue weighted by Gasteiger charge is 2.59. The molecule has 302 valence electrons. The van der Waals surface area contributed by atoms with E-state index in [0.717, 1.165) is 49.4 Å². The molecule has 6 rings (SSSR count). The van der Waals surface area contributed by atoms with Crippen LogP contribution >= 0.6 is 0 Å². The molecule has 9 atom stereocenters. The Labute approximate surface area is 325 Å². The van der Waals surface area contributed by atoms with Crippen molar-refractivity contribution in [2.24, 2.45) is 46.3 Å². The molecule has 2 aromatic rings. The van der Waals surface area contributed by atoms with Crippen LogP contribution in [0.5, 0.6) is 0 Å². The number of carbonyl (C=O) groups is 3. The van der Waals surface area contributed by atoms with Gasteiger partial charge in [0.2, 0.25) is 0 Å². The molecular formula is C44H62N2O9. The molecule has 11 heteroatoms. The molecule has 3 N–H and O–H groups in total. The van der Waals surface area contributed by atoms with Crippen molar-refractivity contribution >= 4 is 34.7 Å². The van der Waals surface area contributed by atoms with Crippen molar-refractivity contribution in [2.45, 2.75) is 117 Å². The number of hydrogen-bond donors (Lipinski definition) is 3. The molecule has 0 aliphatic heterocycles. The van der Waals surface area contributed by atoms with Crippen molar-refractivity contribution in [1.29, 1.82) is 0 Å². The molecule has 11 nitrogen and oxygen atoms in total. The van der Waals surface area contributed by atoms with Gasteiger partial charge in [-0.05, 0) is 110 Å². The summed E-state index contributed by atoms with van der Waals surface area (Å²) in [4.78, 5) is 50.1. The Bertz CT molecular complexity index is 1770. The molecule has 1 heterocycles. The number of amides is 1. The Morgan fingerprint density at radius 2 is 1.73 bits per heavy atom. The molecule has 0 bridgehead atoms. The predicted molar refractivity (Wildman–Crippen MR) is 211 cm³/mol. The zero-order chi connectivity index (χ0) is 39.5. The second-order valence-electron chi connectivity index (χ2n) is 18.1. The molecule has 1 aromatic carbocycles. The van der Waals surface area contributed by atoms with E-state index in [9.17, 15) is 29.4 Å². The first kappa shape index (κ1) is 40.9. The van der Waals surface area contributed by atoms with Crippen LogP contribution < -0.4 is 10.9 Å². The fourth-order valence-corrected chi connectivity index (χ4v) is 11.5. The summed E-state index contributed by atoms with van der Waals surface area (Å²) in [7, 11) is 0. The number of carboxylic acid groups (broad SMARTS) is 2. The molecule has 3 fully saturated rings. The van der Waals surface area contributed by atoms with Gasteiger partial charge in [-0.25, -0.2) is 9.59 Å². The van der Waals surface area contributed by atoms with Gasteiger partial charge in [-0.1, -0.05) is 83.7 Å². The normalized spacial score (nSPS) is 29.9. The highest BCUT2D eigenvalue weighted by molar-refractivity contribution is 5.88. The maximum Gasteiger partial charge on any atom is 0.412 e. The van der Waals surface area contributed by atoms with Crippen molar-refractivity contribution in [3.05, 3.63) is 52.4 Å². The Balaban J connectivity index is 1.11. The lowest BCUT2D eigenvalue weighted by Gasteiger charge is -2.58. The van der Waals surface area contributed by atoms with Crippen LogP contribution in [0.3, 0.4) is 0 Å². The van der Waals surface area contributed by atoms with Gasteiger partial charge in [0.25, 0.3) is 0 Å². The monoisotopic (exact) mass is 762 g/mol. The quantitative estimate of drug-likeness (QED) is 0.112. The zero-order valence-electron chi connectivity index (χ0n) is 33.4. The smallest absolute Gasteiger partial charge is 0.412 e. The first-order valence-electron chi connectivity index (χ1n) is 20.6. The molecule has 1 aromatic heterocycles. The maximum atomic E-state index is 13.2. The van der Waals surface area contributed by atoms with Gasteiger partial charge in [-0.3, -0.25) is 19.8 Å². The molecule has 3 saturated carbocycles. The van der Waals surface area contributed by atoms with Crippen LogP contribution in [-0.4, -0.2) is 71.6 Å². The van der Waals surface area contributed by atoms with Gasteiger partial charge in [-0.15, -0.1) is 0 Å². The third-order valence-corrected chi connectivity index (χ3v) is 14.1. The number of nitrogens with zero attached hydrogens (tertiary/aromatic N) is 1. The van der Waals surface area contributed by atoms with Crippen LogP contribution in [0.25, 0.3) is 11.0 Å². The molecule has 0 spiro atoms. The lowest BCUT2D eigenvalue weighted by molar-refractivity contribution is -0.142. The Hall–Kier alpha value is -3.70. The zero-order valence-corrected chi connectivity index (χ0v) is 33.4. The number of anilines is 1. The standard InChI is InChI=1S/C44H62N2O9/c1-27(2)9-8-10-28(3)34-15-16-35-33-14-13-30-22-31(17-19-43(30,4)36(33)18-20-44(34,35)5)53-26-32(23-46(24-39(47)48)25-40(49)50)54-42(52)45-37-21-29-11-6-7-12-38(29)55-41(37)51/h6-7,11-13,21,27-28,31-36H,8-10,14-20,22-26H2,1-5H3,(H,45,52)(H,47,48)(H,49,50)/t28-,31+,32?,33?,34-,35?,36?,43?,44-/m1/s1. The van der Waals surface area contributed by atoms with Gasteiger partial charge in [0, 0.05) is 11.9 Å². The van der Waals surface area contributed by atoms with E-state index in [1.165, 1.54) is 61.5 Å². The van der Waals surface area contributed by atoms with Crippen LogP contribution in [0, 0.1) is 46.3 Å². The van der Waals surface area contributed by atoms with Crippen LogP contribution in [0.4, 0.5) is 10.5 Å². The molecular weight excluding hydrogens is 700 g/mol. The van der Waals surface area contributed by atoms with E-state index in [1.807, 2.05) is 0 Å². The summed E-state index contributed by atoms with van der Waals surface area (Å²) in [6.07, 6.45) is 13.5. The van der Waals surface area contributed by atoms with Gasteiger partial charge in [-0.2, -0.15) is 0 Å². The van der Waals surface area contributed by atoms with Crippen molar-refractivity contribution < 1.29 is 38.5 Å². The van der Waals surface area contributed by atoms with E-state index in [1.54, 1.807) is 24.3 Å². The average Bonchev–Trinajstić information content (AvgIpc) is 3.47. The Kier molecular flexibility index (Phi) is 12.8. The summed E-state index contributed by atoms with van der Waals surface area (Å²) >= 11 is 0. The number of benzene rings is 1. The topological polar surface area (TPSA) is 156 Å². The molecule has 4 aliphatic rings. The second-order valence-corrected chi connectivity index (χ2v) is 18.1. The van der Waals surface area contributed by atoms with Crippen molar-refractivity contribution in [3.63, 3.8) is 0 Å². The van der Waals surface area contributed by atoms with E-state index in [2.05, 4.69) is 46.0 Å². The van der Waals surface area contributed by atoms with Gasteiger partial charge < -0.3 is 24.1 Å². The Morgan fingerprint density at radius 1 is 0.982 bits per heavy atom. The summed E-state index contributed by atoms with van der Waals surface area (Å²) in [6.45, 7) is 10.9. The van der Waals surface area contributed by atoms with Crippen LogP contribution in [0.2, 0.25) is 0 Å². The number of ether oxygens (including phenoxy) is 2. The minimum atomic E-state index is -1.21. The van der Waals surface area contributed by atoms with E-state index < -0.39 is 42.9 Å². The number of allylic oxidation sites excluding steroid dienone is 1. The fraction of sp³-hybridized carbons (Fsp3) is 0.682. The number of hydrogen-bond acceptors (Lipinski definition) is 8. The summed E-state index contributed by atoms with van der Waals surface area (Å²) in [6, 6.07) is 8.39. The summed E-state index contributed by atoms with van der Waals surface area (Å²) in [5, 5.41) is 22.0. The highest BCUT2D eigenvalue weighted by atomic mass is 16.6. The summed E-state index contributed by atoms with van der Waals surface area (Å²) in [5.41, 5.74) is 1.52. The van der Waals surface area contributed by atoms with E-state index in [-0.39, 0.29) is 30.4 Å². The number of nitrogens with one attached hydrogen (secondary N) is 1. The first-order valence-corrected chi connectivity index (χ1v) is 20.6.